The monoisotopic (exact) mass is 297 g/mol. The third kappa shape index (κ3) is 4.66. The summed E-state index contributed by atoms with van der Waals surface area (Å²) in [6.45, 7) is -0.276. The Balaban J connectivity index is 2.76. The molecular formula is C12H15N3O6. The third-order valence-corrected chi connectivity index (χ3v) is 2.49. The van der Waals surface area contributed by atoms with E-state index >= 15 is 0 Å². The molecule has 21 heavy (non-hydrogen) atoms. The number of carbonyl (C=O) groups excluding carboxylic acids is 1. The third-order valence-electron chi connectivity index (χ3n) is 2.49. The number of ether oxygens (including phenoxy) is 1. The Labute approximate surface area is 119 Å². The summed E-state index contributed by atoms with van der Waals surface area (Å²) in [6.07, 6.45) is 0. The highest BCUT2D eigenvalue weighted by Crippen LogP contribution is 2.25. The molecule has 0 spiro atoms. The van der Waals surface area contributed by atoms with E-state index in [4.69, 9.17) is 20.7 Å². The largest absolute Gasteiger partial charge is 0.495 e. The molecule has 1 unspecified atom stereocenters. The second-order valence-corrected chi connectivity index (χ2v) is 4.00. The van der Waals surface area contributed by atoms with E-state index in [0.717, 1.165) is 0 Å². The first-order chi connectivity index (χ1) is 9.85. The molecule has 9 heteroatoms. The lowest BCUT2D eigenvalue weighted by Crippen LogP contribution is -2.43. The summed E-state index contributed by atoms with van der Waals surface area (Å²) in [6, 6.07) is 1.97. The van der Waals surface area contributed by atoms with Crippen molar-refractivity contribution in [2.75, 3.05) is 19.0 Å². The maximum Gasteiger partial charge on any atom is 0.335 e. The SMILES string of the molecule is COc1ccc(C(=O)O)cc1NC(=O)NCC(N)C(=O)O. The van der Waals surface area contributed by atoms with Crippen LogP contribution in [0, 0.1) is 0 Å². The fraction of sp³-hybridized carbons (Fsp3) is 0.250. The van der Waals surface area contributed by atoms with Crippen LogP contribution < -0.4 is 21.1 Å². The van der Waals surface area contributed by atoms with E-state index in [1.807, 2.05) is 0 Å². The highest BCUT2D eigenvalue weighted by Gasteiger charge is 2.14. The van der Waals surface area contributed by atoms with Gasteiger partial charge in [-0.15, -0.1) is 0 Å². The number of urea groups is 1. The number of nitrogens with two attached hydrogens (primary N) is 1. The molecule has 0 saturated heterocycles. The second kappa shape index (κ2) is 7.10. The van der Waals surface area contributed by atoms with Crippen LogP contribution in [0.1, 0.15) is 10.4 Å². The molecule has 0 radical (unpaired) electrons. The minimum atomic E-state index is -1.25. The maximum absolute atomic E-state index is 11.6. The molecule has 114 valence electrons. The Hall–Kier alpha value is -2.81. The lowest BCUT2D eigenvalue weighted by atomic mass is 10.2. The van der Waals surface area contributed by atoms with E-state index in [9.17, 15) is 14.4 Å². The van der Waals surface area contributed by atoms with Gasteiger partial charge in [0, 0.05) is 6.54 Å². The number of benzene rings is 1. The molecule has 6 N–H and O–H groups in total. The zero-order valence-corrected chi connectivity index (χ0v) is 11.1. The Kier molecular flexibility index (Phi) is 5.49. The Bertz CT molecular complexity index is 560. The van der Waals surface area contributed by atoms with Gasteiger partial charge >= 0.3 is 18.0 Å². The number of nitrogens with one attached hydrogen (secondary N) is 2. The highest BCUT2D eigenvalue weighted by molar-refractivity contribution is 5.95. The fourth-order valence-electron chi connectivity index (χ4n) is 1.40. The van der Waals surface area contributed by atoms with Crippen LogP contribution in [0.3, 0.4) is 0 Å². The van der Waals surface area contributed by atoms with Crippen molar-refractivity contribution in [3.05, 3.63) is 23.8 Å². The van der Waals surface area contributed by atoms with Crippen molar-refractivity contribution in [2.45, 2.75) is 6.04 Å². The first-order valence-electron chi connectivity index (χ1n) is 5.79. The van der Waals surface area contributed by atoms with Crippen LogP contribution in [0.4, 0.5) is 10.5 Å². The molecule has 0 heterocycles. The van der Waals surface area contributed by atoms with Crippen molar-refractivity contribution in [3.8, 4) is 5.75 Å². The summed E-state index contributed by atoms with van der Waals surface area (Å²) in [7, 11) is 1.36. The quantitative estimate of drug-likeness (QED) is 0.492. The Morgan fingerprint density at radius 1 is 1.33 bits per heavy atom. The van der Waals surface area contributed by atoms with Gasteiger partial charge in [0.2, 0.25) is 0 Å². The molecule has 0 aromatic heterocycles. The first-order valence-corrected chi connectivity index (χ1v) is 5.79. The summed E-state index contributed by atoms with van der Waals surface area (Å²) in [5.41, 5.74) is 5.34. The topological polar surface area (TPSA) is 151 Å². The van der Waals surface area contributed by atoms with Crippen LogP contribution in [0.15, 0.2) is 18.2 Å². The minimum absolute atomic E-state index is 0.0339. The molecule has 9 nitrogen and oxygen atoms in total. The van der Waals surface area contributed by atoms with E-state index in [0.29, 0.717) is 0 Å². The van der Waals surface area contributed by atoms with Gasteiger partial charge in [0.15, 0.2) is 0 Å². The maximum atomic E-state index is 11.6. The summed E-state index contributed by atoms with van der Waals surface area (Å²) in [5, 5.41) is 22.1. The van der Waals surface area contributed by atoms with Gasteiger partial charge in [-0.2, -0.15) is 0 Å². The van der Waals surface area contributed by atoms with E-state index < -0.39 is 24.0 Å². The molecule has 1 rings (SSSR count). The lowest BCUT2D eigenvalue weighted by Gasteiger charge is -2.13. The smallest absolute Gasteiger partial charge is 0.335 e. The van der Waals surface area contributed by atoms with E-state index in [2.05, 4.69) is 10.6 Å². The number of methoxy groups -OCH3 is 1. The average molecular weight is 297 g/mol. The van der Waals surface area contributed by atoms with Gasteiger partial charge in [-0.1, -0.05) is 0 Å². The van der Waals surface area contributed by atoms with Gasteiger partial charge in [0.05, 0.1) is 18.4 Å². The predicted molar refractivity (Wildman–Crippen MR) is 72.6 cm³/mol. The van der Waals surface area contributed by atoms with Gasteiger partial charge in [0.25, 0.3) is 0 Å². The van der Waals surface area contributed by atoms with E-state index in [1.54, 1.807) is 0 Å². The second-order valence-electron chi connectivity index (χ2n) is 4.00. The molecule has 1 aromatic carbocycles. The van der Waals surface area contributed by atoms with Crippen molar-refractivity contribution in [2.24, 2.45) is 5.73 Å². The number of hydrogen-bond donors (Lipinski definition) is 5. The van der Waals surface area contributed by atoms with Gasteiger partial charge < -0.3 is 31.3 Å². The van der Waals surface area contributed by atoms with E-state index in [1.165, 1.54) is 25.3 Å². The normalized spacial score (nSPS) is 11.3. The number of aliphatic carboxylic acids is 1. The van der Waals surface area contributed by atoms with Crippen LogP contribution in [-0.4, -0.2) is 47.9 Å². The number of hydrogen-bond acceptors (Lipinski definition) is 5. The summed E-state index contributed by atoms with van der Waals surface area (Å²) in [5.74, 6) is -2.15. The Morgan fingerprint density at radius 3 is 2.52 bits per heavy atom. The molecule has 0 saturated carbocycles. The van der Waals surface area contributed by atoms with Crippen LogP contribution in [0.5, 0.6) is 5.75 Å². The molecule has 1 atom stereocenters. The number of anilines is 1. The van der Waals surface area contributed by atoms with Crippen molar-refractivity contribution in [3.63, 3.8) is 0 Å². The lowest BCUT2D eigenvalue weighted by molar-refractivity contribution is -0.138. The molecule has 0 aliphatic carbocycles. The zero-order chi connectivity index (χ0) is 16.0. The first kappa shape index (κ1) is 16.2. The number of carboxylic acid groups (broad SMARTS) is 2. The summed E-state index contributed by atoms with van der Waals surface area (Å²) < 4.78 is 4.99. The van der Waals surface area contributed by atoms with Crippen molar-refractivity contribution >= 4 is 23.7 Å². The molecule has 1 aromatic rings. The van der Waals surface area contributed by atoms with Crippen LogP contribution in [0.25, 0.3) is 0 Å². The molecule has 0 aliphatic rings. The zero-order valence-electron chi connectivity index (χ0n) is 11.1. The number of amides is 2. The van der Waals surface area contributed by atoms with Gasteiger partial charge in [-0.05, 0) is 18.2 Å². The molecular weight excluding hydrogens is 282 g/mol. The number of aromatic carboxylic acids is 1. The summed E-state index contributed by atoms with van der Waals surface area (Å²) >= 11 is 0. The molecule has 0 fully saturated rings. The number of carbonyl (C=O) groups is 3. The van der Waals surface area contributed by atoms with E-state index in [-0.39, 0.29) is 23.5 Å². The van der Waals surface area contributed by atoms with Gasteiger partial charge in [-0.3, -0.25) is 4.79 Å². The standard InChI is InChI=1S/C12H15N3O6/c1-21-9-3-2-6(10(16)17)4-8(9)15-12(20)14-5-7(13)11(18)19/h2-4,7H,5,13H2,1H3,(H,16,17)(H,18,19)(H2,14,15,20). The van der Waals surface area contributed by atoms with Gasteiger partial charge in [0.1, 0.15) is 11.8 Å². The van der Waals surface area contributed by atoms with Crippen molar-refractivity contribution in [1.82, 2.24) is 5.32 Å². The fourth-order valence-corrected chi connectivity index (χ4v) is 1.40. The number of rotatable bonds is 6. The Morgan fingerprint density at radius 2 is 2.00 bits per heavy atom. The van der Waals surface area contributed by atoms with Crippen LogP contribution in [0.2, 0.25) is 0 Å². The van der Waals surface area contributed by atoms with Crippen molar-refractivity contribution in [1.29, 1.82) is 0 Å². The van der Waals surface area contributed by atoms with Crippen molar-refractivity contribution < 1.29 is 29.3 Å². The highest BCUT2D eigenvalue weighted by atomic mass is 16.5. The molecule has 0 bridgehead atoms. The average Bonchev–Trinajstić information content (AvgIpc) is 2.44. The minimum Gasteiger partial charge on any atom is -0.495 e. The van der Waals surface area contributed by atoms with Gasteiger partial charge in [-0.25, -0.2) is 9.59 Å². The molecule has 2 amide bonds. The predicted octanol–water partition coefficient (Wildman–Crippen LogP) is -0.0732. The van der Waals surface area contributed by atoms with Crippen LogP contribution in [-0.2, 0) is 4.79 Å². The summed E-state index contributed by atoms with van der Waals surface area (Å²) in [4.78, 5) is 33.0. The number of carboxylic acids is 2. The molecule has 0 aliphatic heterocycles. The van der Waals surface area contributed by atoms with Crippen LogP contribution >= 0.6 is 0 Å².